The van der Waals surface area contributed by atoms with E-state index in [4.69, 9.17) is 15.2 Å². The van der Waals surface area contributed by atoms with Crippen LogP contribution in [0.4, 0.5) is 0 Å². The highest BCUT2D eigenvalue weighted by Gasteiger charge is 2.48. The van der Waals surface area contributed by atoms with Gasteiger partial charge in [0.1, 0.15) is 11.5 Å². The van der Waals surface area contributed by atoms with Crippen LogP contribution >= 0.6 is 0 Å². The fourth-order valence-corrected chi connectivity index (χ4v) is 1.95. The molecule has 0 bridgehead atoms. The highest BCUT2D eigenvalue weighted by atomic mass is 16.6. The molecule has 1 rings (SSSR count). The Labute approximate surface area is 123 Å². The normalized spacial score (nSPS) is 13.2. The van der Waals surface area contributed by atoms with Crippen LogP contribution in [0.25, 0.3) is 0 Å². The molecule has 7 heteroatoms. The predicted octanol–water partition coefficient (Wildman–Crippen LogP) is -0.264. The Morgan fingerprint density at radius 2 is 1.24 bits per heavy atom. The Kier molecular flexibility index (Phi) is 4.57. The quantitative estimate of drug-likeness (QED) is 0.485. The summed E-state index contributed by atoms with van der Waals surface area (Å²) in [5.41, 5.74) is 5.13. The lowest BCUT2D eigenvalue weighted by Crippen LogP contribution is -2.58. The van der Waals surface area contributed by atoms with Gasteiger partial charge in [-0.15, -0.1) is 0 Å². The lowest BCUT2D eigenvalue weighted by Gasteiger charge is -2.33. The summed E-state index contributed by atoms with van der Waals surface area (Å²) in [6, 6.07) is 2.80. The molecule has 21 heavy (non-hydrogen) atoms. The third-order valence-corrected chi connectivity index (χ3v) is 3.22. The lowest BCUT2D eigenvalue weighted by atomic mass is 9.84. The molecule has 0 aliphatic rings. The third-order valence-electron chi connectivity index (χ3n) is 3.22. The fraction of sp³-hybridized carbons (Fsp3) is 0.571. The number of aliphatic hydroxyl groups is 4. The van der Waals surface area contributed by atoms with Crippen molar-refractivity contribution in [1.29, 1.82) is 0 Å². The molecular weight excluding hydrogens is 278 g/mol. The molecule has 0 unspecified atom stereocenters. The average molecular weight is 301 g/mol. The van der Waals surface area contributed by atoms with Gasteiger partial charge in [0.2, 0.25) is 0 Å². The number of benzene rings is 1. The fourth-order valence-electron chi connectivity index (χ4n) is 1.95. The molecule has 0 aromatic heterocycles. The summed E-state index contributed by atoms with van der Waals surface area (Å²) in [5, 5.41) is 38.6. The molecule has 0 atom stereocenters. The van der Waals surface area contributed by atoms with Crippen molar-refractivity contribution in [2.45, 2.75) is 37.9 Å². The minimum Gasteiger partial charge on any atom is -0.496 e. The Morgan fingerprint density at radius 3 is 1.57 bits per heavy atom. The monoisotopic (exact) mass is 301 g/mol. The highest BCUT2D eigenvalue weighted by Crippen LogP contribution is 2.41. The van der Waals surface area contributed by atoms with Crippen LogP contribution in [0.15, 0.2) is 12.1 Å². The number of rotatable bonds is 4. The summed E-state index contributed by atoms with van der Waals surface area (Å²) in [6.07, 6.45) is 0. The first kappa shape index (κ1) is 17.7. The van der Waals surface area contributed by atoms with Gasteiger partial charge in [0.05, 0.1) is 19.8 Å². The van der Waals surface area contributed by atoms with E-state index in [2.05, 4.69) is 0 Å². The molecule has 0 heterocycles. The van der Waals surface area contributed by atoms with Crippen molar-refractivity contribution >= 4 is 0 Å². The molecule has 0 saturated carbocycles. The first-order valence-corrected chi connectivity index (χ1v) is 6.31. The second-order valence-electron chi connectivity index (χ2n) is 5.90. The van der Waals surface area contributed by atoms with E-state index in [0.717, 1.165) is 5.56 Å². The van der Waals surface area contributed by atoms with E-state index in [1.54, 1.807) is 6.07 Å². The summed E-state index contributed by atoms with van der Waals surface area (Å²) in [6.45, 7) is 5.83. The van der Waals surface area contributed by atoms with E-state index in [0.29, 0.717) is 5.75 Å². The van der Waals surface area contributed by atoms with Gasteiger partial charge in [-0.25, -0.2) is 0 Å². The predicted molar refractivity (Wildman–Crippen MR) is 75.7 cm³/mol. The van der Waals surface area contributed by atoms with E-state index in [1.165, 1.54) is 20.3 Å². The maximum absolute atomic E-state index is 9.94. The van der Waals surface area contributed by atoms with Gasteiger partial charge >= 0.3 is 0 Å². The molecule has 0 aliphatic heterocycles. The smallest absolute Gasteiger partial charge is 0.281 e. The standard InChI is InChI=1S/C14H23NO6/c1-12(2,3)8-6-11(21-5)9(7-10(8)20-4)13(16,17)14(15,18)19/h6-7,16-19H,15H2,1-5H3. The Balaban J connectivity index is 3.63. The van der Waals surface area contributed by atoms with Crippen molar-refractivity contribution in [3.05, 3.63) is 23.3 Å². The maximum atomic E-state index is 9.94. The lowest BCUT2D eigenvalue weighted by molar-refractivity contribution is -0.363. The first-order chi connectivity index (χ1) is 9.36. The molecule has 0 radical (unpaired) electrons. The van der Waals surface area contributed by atoms with Crippen molar-refractivity contribution in [3.63, 3.8) is 0 Å². The van der Waals surface area contributed by atoms with Crippen LogP contribution < -0.4 is 15.2 Å². The van der Waals surface area contributed by atoms with E-state index in [-0.39, 0.29) is 16.7 Å². The van der Waals surface area contributed by atoms with Crippen LogP contribution in [0.1, 0.15) is 31.9 Å². The van der Waals surface area contributed by atoms with Gasteiger partial charge in [0.15, 0.2) is 0 Å². The molecule has 0 fully saturated rings. The van der Waals surface area contributed by atoms with Crippen molar-refractivity contribution in [3.8, 4) is 11.5 Å². The zero-order valence-corrected chi connectivity index (χ0v) is 12.8. The van der Waals surface area contributed by atoms with Gasteiger partial charge in [0.25, 0.3) is 11.7 Å². The molecule has 120 valence electrons. The van der Waals surface area contributed by atoms with Gasteiger partial charge in [-0.2, -0.15) is 0 Å². The van der Waals surface area contributed by atoms with Gasteiger partial charge in [-0.3, -0.25) is 5.73 Å². The average Bonchev–Trinajstić information content (AvgIpc) is 2.34. The summed E-state index contributed by atoms with van der Waals surface area (Å²) in [4.78, 5) is 0. The molecule has 1 aromatic carbocycles. The van der Waals surface area contributed by atoms with Gasteiger partial charge in [0, 0.05) is 5.56 Å². The summed E-state index contributed by atoms with van der Waals surface area (Å²) in [5.74, 6) is -6.02. The molecule has 0 spiro atoms. The van der Waals surface area contributed by atoms with Crippen LogP contribution in [0.5, 0.6) is 11.5 Å². The zero-order valence-electron chi connectivity index (χ0n) is 12.8. The van der Waals surface area contributed by atoms with E-state index in [1.807, 2.05) is 20.8 Å². The van der Waals surface area contributed by atoms with Crippen LogP contribution in [0.2, 0.25) is 0 Å². The summed E-state index contributed by atoms with van der Waals surface area (Å²) >= 11 is 0. The van der Waals surface area contributed by atoms with Crippen LogP contribution in [0, 0.1) is 0 Å². The van der Waals surface area contributed by atoms with E-state index >= 15 is 0 Å². The number of ether oxygens (including phenoxy) is 2. The SMILES string of the molecule is COc1cc(C(O)(O)C(N)(O)O)c(OC)cc1C(C)(C)C. The van der Waals surface area contributed by atoms with Crippen LogP contribution in [-0.4, -0.2) is 40.6 Å². The molecule has 0 aliphatic carbocycles. The molecule has 7 nitrogen and oxygen atoms in total. The Morgan fingerprint density at radius 1 is 0.857 bits per heavy atom. The second-order valence-corrected chi connectivity index (χ2v) is 5.90. The third kappa shape index (κ3) is 3.28. The highest BCUT2D eigenvalue weighted by molar-refractivity contribution is 5.51. The van der Waals surface area contributed by atoms with Crippen LogP contribution in [-0.2, 0) is 11.2 Å². The molecule has 1 aromatic rings. The second kappa shape index (κ2) is 5.43. The topological polar surface area (TPSA) is 125 Å². The van der Waals surface area contributed by atoms with E-state index in [9.17, 15) is 20.4 Å². The van der Waals surface area contributed by atoms with Gasteiger partial charge in [-0.05, 0) is 17.5 Å². The van der Waals surface area contributed by atoms with Crippen LogP contribution in [0.3, 0.4) is 0 Å². The van der Waals surface area contributed by atoms with Crippen molar-refractivity contribution in [2.75, 3.05) is 14.2 Å². The maximum Gasteiger partial charge on any atom is 0.281 e. The minimum absolute atomic E-state index is 0.0450. The number of methoxy groups -OCH3 is 2. The number of hydrogen-bond acceptors (Lipinski definition) is 7. The Bertz CT molecular complexity index is 513. The minimum atomic E-state index is -3.27. The first-order valence-electron chi connectivity index (χ1n) is 6.31. The molecule has 0 amide bonds. The van der Waals surface area contributed by atoms with Gasteiger partial charge < -0.3 is 29.9 Å². The van der Waals surface area contributed by atoms with Crippen molar-refractivity contribution < 1.29 is 29.9 Å². The Hall–Kier alpha value is -1.38. The summed E-state index contributed by atoms with van der Waals surface area (Å²) in [7, 11) is 2.74. The van der Waals surface area contributed by atoms with Crippen molar-refractivity contribution in [2.24, 2.45) is 5.73 Å². The zero-order chi connectivity index (χ0) is 16.6. The van der Waals surface area contributed by atoms with Crippen molar-refractivity contribution in [1.82, 2.24) is 0 Å². The molecule has 6 N–H and O–H groups in total. The largest absolute Gasteiger partial charge is 0.496 e. The van der Waals surface area contributed by atoms with E-state index < -0.39 is 11.7 Å². The molecular formula is C14H23NO6. The summed E-state index contributed by atoms with van der Waals surface area (Å²) < 4.78 is 10.3. The van der Waals surface area contributed by atoms with Gasteiger partial charge in [-0.1, -0.05) is 20.8 Å². The number of nitrogens with two attached hydrogens (primary N) is 1. The number of hydrogen-bond donors (Lipinski definition) is 5. The molecule has 0 saturated heterocycles.